The first-order chi connectivity index (χ1) is 12.3. The fraction of sp³-hybridized carbons (Fsp3) is 0.571. The highest BCUT2D eigenvalue weighted by Crippen LogP contribution is 2.19. The number of piperazine rings is 1. The number of piperidine rings is 1. The molecule has 2 aliphatic rings. The first-order valence-corrected chi connectivity index (χ1v) is 9.50. The Morgan fingerprint density at radius 3 is 2.56 bits per heavy atom. The van der Waals surface area contributed by atoms with Crippen molar-refractivity contribution in [1.29, 1.82) is 0 Å². The second kappa shape index (κ2) is 9.03. The summed E-state index contributed by atoms with van der Waals surface area (Å²) in [6.45, 7) is 6.24. The number of hydrogen-bond donors (Lipinski definition) is 0. The maximum absolute atomic E-state index is 12.9. The van der Waals surface area contributed by atoms with E-state index in [0.717, 1.165) is 65.0 Å². The van der Waals surface area contributed by atoms with Gasteiger partial charge in [0, 0.05) is 32.7 Å². The van der Waals surface area contributed by atoms with Crippen molar-refractivity contribution in [3.8, 4) is 12.3 Å². The van der Waals surface area contributed by atoms with Crippen LogP contribution in [0.4, 0.5) is 0 Å². The van der Waals surface area contributed by atoms with Gasteiger partial charge < -0.3 is 4.90 Å². The van der Waals surface area contributed by atoms with Crippen LogP contribution >= 0.6 is 0 Å². The van der Waals surface area contributed by atoms with Crippen LogP contribution in [0.1, 0.15) is 24.8 Å². The summed E-state index contributed by atoms with van der Waals surface area (Å²) in [5.41, 5.74) is 1.38. The quantitative estimate of drug-likeness (QED) is 0.766. The SMILES string of the molecule is C#CCN1CCCCC1C(=O)N1CCN(CCc2ccccc2)CC1. The van der Waals surface area contributed by atoms with Gasteiger partial charge in [0.2, 0.25) is 5.91 Å². The van der Waals surface area contributed by atoms with Crippen LogP contribution in [0.2, 0.25) is 0 Å². The number of likely N-dealkylation sites (tertiary alicyclic amines) is 1. The van der Waals surface area contributed by atoms with Crippen LogP contribution in [-0.2, 0) is 11.2 Å². The Morgan fingerprint density at radius 2 is 1.84 bits per heavy atom. The zero-order valence-corrected chi connectivity index (χ0v) is 15.1. The highest BCUT2D eigenvalue weighted by Gasteiger charge is 2.32. The Labute approximate surface area is 151 Å². The lowest BCUT2D eigenvalue weighted by Gasteiger charge is -2.40. The smallest absolute Gasteiger partial charge is 0.240 e. The molecule has 1 amide bonds. The van der Waals surface area contributed by atoms with Crippen molar-refractivity contribution in [2.24, 2.45) is 0 Å². The molecule has 25 heavy (non-hydrogen) atoms. The molecule has 0 saturated carbocycles. The lowest BCUT2D eigenvalue weighted by atomic mass is 10.0. The lowest BCUT2D eigenvalue weighted by Crippen LogP contribution is -2.56. The minimum absolute atomic E-state index is 0.000619. The molecule has 2 fully saturated rings. The Morgan fingerprint density at radius 1 is 1.08 bits per heavy atom. The van der Waals surface area contributed by atoms with Gasteiger partial charge in [0.25, 0.3) is 0 Å². The van der Waals surface area contributed by atoms with E-state index in [1.54, 1.807) is 0 Å². The number of carbonyl (C=O) groups excluding carboxylic acids is 1. The summed E-state index contributed by atoms with van der Waals surface area (Å²) in [5, 5.41) is 0. The van der Waals surface area contributed by atoms with Crippen molar-refractivity contribution in [3.05, 3.63) is 35.9 Å². The van der Waals surface area contributed by atoms with E-state index in [9.17, 15) is 4.79 Å². The Kier molecular flexibility index (Phi) is 6.49. The molecule has 0 N–H and O–H groups in total. The third-order valence-electron chi connectivity index (χ3n) is 5.44. The minimum atomic E-state index is 0.000619. The van der Waals surface area contributed by atoms with Gasteiger partial charge in [0.15, 0.2) is 0 Å². The van der Waals surface area contributed by atoms with E-state index in [1.165, 1.54) is 5.56 Å². The standard InChI is InChI=1S/C21H29N3O/c1-2-12-23-13-7-6-10-20(23)21(25)24-17-15-22(16-18-24)14-11-19-8-4-3-5-9-19/h1,3-5,8-9,20H,6-7,10-18H2. The zero-order valence-electron chi connectivity index (χ0n) is 15.1. The molecule has 3 rings (SSSR count). The van der Waals surface area contributed by atoms with Gasteiger partial charge in [-0.25, -0.2) is 0 Å². The molecule has 1 unspecified atom stereocenters. The van der Waals surface area contributed by atoms with Gasteiger partial charge in [0.05, 0.1) is 12.6 Å². The van der Waals surface area contributed by atoms with Crippen molar-refractivity contribution >= 4 is 5.91 Å². The number of terminal acetylenes is 1. The minimum Gasteiger partial charge on any atom is -0.339 e. The molecular weight excluding hydrogens is 310 g/mol. The summed E-state index contributed by atoms with van der Waals surface area (Å²) in [7, 11) is 0. The van der Waals surface area contributed by atoms with Gasteiger partial charge in [-0.05, 0) is 31.4 Å². The maximum atomic E-state index is 12.9. The molecule has 0 aromatic heterocycles. The number of hydrogen-bond acceptors (Lipinski definition) is 3. The number of benzene rings is 1. The fourth-order valence-electron chi connectivity index (χ4n) is 3.91. The fourth-order valence-corrected chi connectivity index (χ4v) is 3.91. The zero-order chi connectivity index (χ0) is 17.5. The molecule has 1 aromatic carbocycles. The maximum Gasteiger partial charge on any atom is 0.240 e. The molecular formula is C21H29N3O. The van der Waals surface area contributed by atoms with Crippen LogP contribution in [0.5, 0.6) is 0 Å². The van der Waals surface area contributed by atoms with E-state index in [2.05, 4.69) is 51.0 Å². The van der Waals surface area contributed by atoms with Crippen LogP contribution in [-0.4, -0.2) is 72.5 Å². The molecule has 2 heterocycles. The molecule has 4 nitrogen and oxygen atoms in total. The summed E-state index contributed by atoms with van der Waals surface area (Å²) in [4.78, 5) is 19.6. The van der Waals surface area contributed by atoms with Gasteiger partial charge >= 0.3 is 0 Å². The lowest BCUT2D eigenvalue weighted by molar-refractivity contribution is -0.139. The van der Waals surface area contributed by atoms with E-state index < -0.39 is 0 Å². The topological polar surface area (TPSA) is 26.8 Å². The van der Waals surface area contributed by atoms with Gasteiger partial charge in [0.1, 0.15) is 0 Å². The second-order valence-corrected chi connectivity index (χ2v) is 7.09. The summed E-state index contributed by atoms with van der Waals surface area (Å²) < 4.78 is 0. The Bertz CT molecular complexity index is 587. The monoisotopic (exact) mass is 339 g/mol. The van der Waals surface area contributed by atoms with Crippen molar-refractivity contribution in [2.75, 3.05) is 45.8 Å². The van der Waals surface area contributed by atoms with E-state index >= 15 is 0 Å². The number of rotatable bonds is 5. The first-order valence-electron chi connectivity index (χ1n) is 9.50. The number of nitrogens with zero attached hydrogens (tertiary/aromatic N) is 3. The molecule has 0 spiro atoms. The summed E-state index contributed by atoms with van der Waals surface area (Å²) >= 11 is 0. The van der Waals surface area contributed by atoms with Crippen LogP contribution < -0.4 is 0 Å². The third kappa shape index (κ3) is 4.84. The molecule has 0 radical (unpaired) electrons. The first kappa shape index (κ1) is 18.0. The van der Waals surface area contributed by atoms with Crippen LogP contribution in [0.25, 0.3) is 0 Å². The highest BCUT2D eigenvalue weighted by molar-refractivity contribution is 5.82. The molecule has 4 heteroatoms. The van der Waals surface area contributed by atoms with Crippen molar-refractivity contribution in [2.45, 2.75) is 31.7 Å². The third-order valence-corrected chi connectivity index (χ3v) is 5.44. The van der Waals surface area contributed by atoms with Crippen molar-refractivity contribution < 1.29 is 4.79 Å². The van der Waals surface area contributed by atoms with Gasteiger partial charge in [-0.15, -0.1) is 6.42 Å². The van der Waals surface area contributed by atoms with Crippen molar-refractivity contribution in [3.63, 3.8) is 0 Å². The summed E-state index contributed by atoms with van der Waals surface area (Å²) in [6, 6.07) is 10.6. The van der Waals surface area contributed by atoms with E-state index in [4.69, 9.17) is 6.42 Å². The normalized spacial score (nSPS) is 22.5. The van der Waals surface area contributed by atoms with E-state index in [-0.39, 0.29) is 11.9 Å². The van der Waals surface area contributed by atoms with Gasteiger partial charge in [-0.2, -0.15) is 0 Å². The second-order valence-electron chi connectivity index (χ2n) is 7.09. The molecule has 1 aromatic rings. The average Bonchev–Trinajstić information content (AvgIpc) is 2.68. The average molecular weight is 339 g/mol. The number of carbonyl (C=O) groups is 1. The highest BCUT2D eigenvalue weighted by atomic mass is 16.2. The Hall–Kier alpha value is -1.83. The summed E-state index contributed by atoms with van der Waals surface area (Å²) in [6.07, 6.45) is 9.79. The molecule has 0 aliphatic carbocycles. The molecule has 2 saturated heterocycles. The molecule has 1 atom stereocenters. The van der Waals surface area contributed by atoms with E-state index in [1.807, 2.05) is 0 Å². The van der Waals surface area contributed by atoms with Crippen molar-refractivity contribution in [1.82, 2.24) is 14.7 Å². The van der Waals surface area contributed by atoms with Gasteiger partial charge in [-0.3, -0.25) is 14.6 Å². The summed E-state index contributed by atoms with van der Waals surface area (Å²) in [5.74, 6) is 3.00. The van der Waals surface area contributed by atoms with E-state index in [0.29, 0.717) is 6.54 Å². The predicted octanol–water partition coefficient (Wildman–Crippen LogP) is 1.86. The molecule has 134 valence electrons. The van der Waals surface area contributed by atoms with Crippen LogP contribution in [0.3, 0.4) is 0 Å². The Balaban J connectivity index is 1.46. The molecule has 2 aliphatic heterocycles. The van der Waals surface area contributed by atoms with Crippen LogP contribution in [0.15, 0.2) is 30.3 Å². The predicted molar refractivity (Wildman–Crippen MR) is 101 cm³/mol. The molecule has 0 bridgehead atoms. The van der Waals surface area contributed by atoms with Gasteiger partial charge in [-0.1, -0.05) is 42.7 Å². The van der Waals surface area contributed by atoms with Crippen LogP contribution in [0, 0.1) is 12.3 Å². The largest absolute Gasteiger partial charge is 0.339 e. The number of amides is 1.